The lowest BCUT2D eigenvalue weighted by Gasteiger charge is -2.29. The van der Waals surface area contributed by atoms with E-state index in [1.54, 1.807) is 6.92 Å². The van der Waals surface area contributed by atoms with E-state index in [4.69, 9.17) is 5.73 Å². The number of aryl methyl sites for hydroxylation is 1. The molecule has 0 fully saturated rings. The maximum atomic E-state index is 13.0. The third-order valence-corrected chi connectivity index (χ3v) is 3.34. The predicted octanol–water partition coefficient (Wildman–Crippen LogP) is 4.05. The number of hydrogen-bond donors (Lipinski definition) is 1. The Labute approximate surface area is 135 Å². The molecular formula is C14H18F6N4. The summed E-state index contributed by atoms with van der Waals surface area (Å²) in [6.07, 6.45) is -10.1. The SMILES string of the molecule is CC/C(=N\N(Cc1ccc(N)c(C)n1)C(C)C(F)(F)F)C(F)(F)F. The topological polar surface area (TPSA) is 54.5 Å². The lowest BCUT2D eigenvalue weighted by molar-refractivity contribution is -0.181. The van der Waals surface area contributed by atoms with Crippen molar-refractivity contribution >= 4 is 11.4 Å². The fourth-order valence-electron chi connectivity index (χ4n) is 1.79. The first kappa shape index (κ1) is 20.0. The molecule has 1 heterocycles. The molecule has 0 spiro atoms. The van der Waals surface area contributed by atoms with Crippen LogP contribution in [0.15, 0.2) is 17.2 Å². The number of rotatable bonds is 5. The molecular weight excluding hydrogens is 338 g/mol. The smallest absolute Gasteiger partial charge is 0.397 e. The van der Waals surface area contributed by atoms with E-state index in [2.05, 4.69) is 10.1 Å². The van der Waals surface area contributed by atoms with Gasteiger partial charge in [0.15, 0.2) is 0 Å². The van der Waals surface area contributed by atoms with Gasteiger partial charge in [-0.1, -0.05) is 6.92 Å². The van der Waals surface area contributed by atoms with Crippen LogP contribution in [0, 0.1) is 6.92 Å². The molecule has 1 atom stereocenters. The average molecular weight is 356 g/mol. The third-order valence-electron chi connectivity index (χ3n) is 3.34. The van der Waals surface area contributed by atoms with Gasteiger partial charge in [-0.25, -0.2) is 0 Å². The molecule has 1 aromatic rings. The molecule has 1 aromatic heterocycles. The lowest BCUT2D eigenvalue weighted by Crippen LogP contribution is -2.42. The molecule has 0 aliphatic rings. The molecule has 0 amide bonds. The van der Waals surface area contributed by atoms with Gasteiger partial charge in [-0.05, 0) is 32.4 Å². The number of alkyl halides is 6. The Kier molecular flexibility index (Phi) is 6.07. The van der Waals surface area contributed by atoms with Crippen LogP contribution < -0.4 is 5.73 Å². The molecule has 1 unspecified atom stereocenters. The molecule has 24 heavy (non-hydrogen) atoms. The molecule has 0 saturated carbocycles. The Bertz CT molecular complexity index is 594. The first-order valence-corrected chi connectivity index (χ1v) is 7.06. The van der Waals surface area contributed by atoms with Crippen LogP contribution in [0.3, 0.4) is 0 Å². The molecule has 0 bridgehead atoms. The molecule has 10 heteroatoms. The van der Waals surface area contributed by atoms with Gasteiger partial charge in [-0.15, -0.1) is 0 Å². The largest absolute Gasteiger partial charge is 0.431 e. The highest BCUT2D eigenvalue weighted by atomic mass is 19.4. The van der Waals surface area contributed by atoms with Crippen LogP contribution in [-0.4, -0.2) is 34.1 Å². The van der Waals surface area contributed by atoms with Crippen molar-refractivity contribution in [1.29, 1.82) is 0 Å². The van der Waals surface area contributed by atoms with E-state index >= 15 is 0 Å². The number of hydrazone groups is 1. The van der Waals surface area contributed by atoms with Crippen molar-refractivity contribution in [2.45, 2.75) is 52.1 Å². The number of nitrogens with zero attached hydrogens (tertiary/aromatic N) is 3. The molecule has 0 saturated heterocycles. The summed E-state index contributed by atoms with van der Waals surface area (Å²) in [5, 5.41) is 3.56. The van der Waals surface area contributed by atoms with Crippen LogP contribution in [0.5, 0.6) is 0 Å². The second kappa shape index (κ2) is 7.27. The Morgan fingerprint density at radius 2 is 1.83 bits per heavy atom. The van der Waals surface area contributed by atoms with Crippen LogP contribution in [0.1, 0.15) is 31.7 Å². The summed E-state index contributed by atoms with van der Waals surface area (Å²) >= 11 is 0. The highest BCUT2D eigenvalue weighted by Crippen LogP contribution is 2.28. The molecule has 0 aromatic carbocycles. The molecule has 136 valence electrons. The number of nitrogen functional groups attached to an aromatic ring is 1. The van der Waals surface area contributed by atoms with E-state index in [9.17, 15) is 26.3 Å². The molecule has 1 rings (SSSR count). The zero-order chi connectivity index (χ0) is 18.7. The summed E-state index contributed by atoms with van der Waals surface area (Å²) in [5.74, 6) is 0. The fourth-order valence-corrected chi connectivity index (χ4v) is 1.79. The van der Waals surface area contributed by atoms with Crippen molar-refractivity contribution in [2.75, 3.05) is 5.73 Å². The van der Waals surface area contributed by atoms with Crippen molar-refractivity contribution < 1.29 is 26.3 Å². The maximum absolute atomic E-state index is 13.0. The zero-order valence-electron chi connectivity index (χ0n) is 13.3. The number of pyridine rings is 1. The van der Waals surface area contributed by atoms with E-state index in [0.29, 0.717) is 16.4 Å². The van der Waals surface area contributed by atoms with Crippen LogP contribution >= 0.6 is 0 Å². The van der Waals surface area contributed by atoms with E-state index < -0.39 is 37.1 Å². The fraction of sp³-hybridized carbons (Fsp3) is 0.571. The van der Waals surface area contributed by atoms with Gasteiger partial charge in [0.1, 0.15) is 11.8 Å². The normalized spacial score (nSPS) is 14.6. The standard InChI is InChI=1S/C14H18F6N4/c1-4-12(14(18,19)20)23-24(9(3)13(15,16)17)7-10-5-6-11(21)8(2)22-10/h5-6,9H,4,7,21H2,1-3H3/b23-12+. The van der Waals surface area contributed by atoms with E-state index in [0.717, 1.165) is 6.92 Å². The molecule has 0 aliphatic carbocycles. The van der Waals surface area contributed by atoms with Crippen molar-refractivity contribution in [3.05, 3.63) is 23.5 Å². The average Bonchev–Trinajstić information content (AvgIpc) is 2.44. The quantitative estimate of drug-likeness (QED) is 0.492. The highest BCUT2D eigenvalue weighted by Gasteiger charge is 2.42. The van der Waals surface area contributed by atoms with Crippen LogP contribution in [0.4, 0.5) is 32.0 Å². The molecule has 0 aliphatic heterocycles. The Morgan fingerprint density at radius 1 is 1.25 bits per heavy atom. The van der Waals surface area contributed by atoms with Crippen molar-refractivity contribution in [1.82, 2.24) is 9.99 Å². The monoisotopic (exact) mass is 356 g/mol. The Balaban J connectivity index is 3.23. The summed E-state index contributed by atoms with van der Waals surface area (Å²) < 4.78 is 77.4. The first-order chi connectivity index (χ1) is 10.9. The summed E-state index contributed by atoms with van der Waals surface area (Å²) in [6.45, 7) is 2.94. The van der Waals surface area contributed by atoms with Crippen LogP contribution in [0.25, 0.3) is 0 Å². The Morgan fingerprint density at radius 3 is 2.25 bits per heavy atom. The zero-order valence-corrected chi connectivity index (χ0v) is 13.3. The van der Waals surface area contributed by atoms with Gasteiger partial charge >= 0.3 is 12.4 Å². The first-order valence-electron chi connectivity index (χ1n) is 7.06. The number of nitrogens with two attached hydrogens (primary N) is 1. The minimum Gasteiger partial charge on any atom is -0.397 e. The van der Waals surface area contributed by atoms with Gasteiger partial charge < -0.3 is 5.73 Å². The number of halogens is 6. The van der Waals surface area contributed by atoms with Gasteiger partial charge in [0.2, 0.25) is 0 Å². The second-order valence-electron chi connectivity index (χ2n) is 5.19. The Hall–Kier alpha value is -2.00. The molecule has 2 N–H and O–H groups in total. The third kappa shape index (κ3) is 5.27. The molecule has 4 nitrogen and oxygen atoms in total. The lowest BCUT2D eigenvalue weighted by atomic mass is 10.2. The van der Waals surface area contributed by atoms with Crippen molar-refractivity contribution in [2.24, 2.45) is 5.10 Å². The van der Waals surface area contributed by atoms with Gasteiger partial charge in [-0.2, -0.15) is 31.4 Å². The summed E-state index contributed by atoms with van der Waals surface area (Å²) in [6, 6.07) is 0.580. The molecule has 0 radical (unpaired) electrons. The number of anilines is 1. The van der Waals surface area contributed by atoms with E-state index in [1.165, 1.54) is 19.1 Å². The van der Waals surface area contributed by atoms with Gasteiger partial charge in [0.25, 0.3) is 0 Å². The van der Waals surface area contributed by atoms with Crippen LogP contribution in [0.2, 0.25) is 0 Å². The van der Waals surface area contributed by atoms with Gasteiger partial charge in [-0.3, -0.25) is 9.99 Å². The summed E-state index contributed by atoms with van der Waals surface area (Å²) in [4.78, 5) is 3.99. The van der Waals surface area contributed by atoms with Crippen molar-refractivity contribution in [3.63, 3.8) is 0 Å². The van der Waals surface area contributed by atoms with Gasteiger partial charge in [0, 0.05) is 0 Å². The minimum atomic E-state index is -4.80. The van der Waals surface area contributed by atoms with Crippen molar-refractivity contribution in [3.8, 4) is 0 Å². The highest BCUT2D eigenvalue weighted by molar-refractivity contribution is 5.89. The van der Waals surface area contributed by atoms with Gasteiger partial charge in [0.05, 0.1) is 23.6 Å². The van der Waals surface area contributed by atoms with Crippen LogP contribution in [-0.2, 0) is 6.54 Å². The second-order valence-corrected chi connectivity index (χ2v) is 5.19. The van der Waals surface area contributed by atoms with E-state index in [-0.39, 0.29) is 5.69 Å². The number of hydrogen-bond acceptors (Lipinski definition) is 4. The summed E-state index contributed by atoms with van der Waals surface area (Å²) in [5.41, 5.74) is 5.14. The predicted molar refractivity (Wildman–Crippen MR) is 78.2 cm³/mol. The minimum absolute atomic E-state index is 0.138. The van der Waals surface area contributed by atoms with E-state index in [1.807, 2.05) is 0 Å². The maximum Gasteiger partial charge on any atom is 0.431 e. The number of aromatic nitrogens is 1. The summed E-state index contributed by atoms with van der Waals surface area (Å²) in [7, 11) is 0.